The smallest absolute Gasteiger partial charge is 0.250 e. The summed E-state index contributed by atoms with van der Waals surface area (Å²) >= 11 is 1.27. The van der Waals surface area contributed by atoms with Crippen molar-refractivity contribution in [1.82, 2.24) is 4.90 Å². The molecule has 1 N–H and O–H groups in total. The molecule has 180 valence electrons. The summed E-state index contributed by atoms with van der Waals surface area (Å²) in [6, 6.07) is 12.4. The lowest BCUT2D eigenvalue weighted by molar-refractivity contribution is -0.135. The van der Waals surface area contributed by atoms with Crippen LogP contribution in [0.1, 0.15) is 25.7 Å². The Labute approximate surface area is 203 Å². The van der Waals surface area contributed by atoms with Gasteiger partial charge in [-0.05, 0) is 25.0 Å². The fraction of sp³-hybridized carbons (Fsp3) is 0.400. The molecule has 1 atom stereocenters. The lowest BCUT2D eigenvalue weighted by atomic mass is 10.2. The summed E-state index contributed by atoms with van der Waals surface area (Å²) < 4.78 is 10.5. The summed E-state index contributed by atoms with van der Waals surface area (Å²) in [6.45, 7) is 1.13. The lowest BCUT2D eigenvalue weighted by Gasteiger charge is -2.34. The highest BCUT2D eigenvalue weighted by atomic mass is 32.2. The topological polar surface area (TPSA) is 88.2 Å². The minimum absolute atomic E-state index is 0.172. The number of benzene rings is 2. The fourth-order valence-corrected chi connectivity index (χ4v) is 5.41. The Morgan fingerprint density at radius 3 is 2.29 bits per heavy atom. The van der Waals surface area contributed by atoms with Crippen molar-refractivity contribution in [2.75, 3.05) is 44.1 Å². The molecule has 0 spiro atoms. The maximum Gasteiger partial charge on any atom is 0.250 e. The molecule has 0 aromatic heterocycles. The second-order valence-electron chi connectivity index (χ2n) is 8.28. The summed E-state index contributed by atoms with van der Waals surface area (Å²) in [5.74, 6) is 0.152. The van der Waals surface area contributed by atoms with Gasteiger partial charge in [-0.15, -0.1) is 11.8 Å². The van der Waals surface area contributed by atoms with Crippen LogP contribution in [0.5, 0.6) is 11.5 Å². The molecule has 2 aliphatic heterocycles. The molecule has 2 aliphatic rings. The molecule has 34 heavy (non-hydrogen) atoms. The summed E-state index contributed by atoms with van der Waals surface area (Å²) in [5.41, 5.74) is 1.13. The predicted molar refractivity (Wildman–Crippen MR) is 132 cm³/mol. The number of likely N-dealkylation sites (tertiary alicyclic amines) is 1. The molecular formula is C25H29N3O5S. The molecule has 4 rings (SSSR count). The maximum absolute atomic E-state index is 13.5. The van der Waals surface area contributed by atoms with Crippen LogP contribution >= 0.6 is 11.8 Å². The number of carbonyl (C=O) groups is 3. The lowest BCUT2D eigenvalue weighted by Crippen LogP contribution is -2.51. The van der Waals surface area contributed by atoms with Crippen LogP contribution in [0.15, 0.2) is 47.4 Å². The monoisotopic (exact) mass is 483 g/mol. The maximum atomic E-state index is 13.5. The van der Waals surface area contributed by atoms with E-state index >= 15 is 0 Å². The van der Waals surface area contributed by atoms with Gasteiger partial charge in [-0.1, -0.05) is 25.0 Å². The van der Waals surface area contributed by atoms with Crippen molar-refractivity contribution in [3.05, 3.63) is 42.5 Å². The summed E-state index contributed by atoms with van der Waals surface area (Å²) in [7, 11) is 3.06. The fourth-order valence-electron chi connectivity index (χ4n) is 4.22. The molecule has 0 radical (unpaired) electrons. The van der Waals surface area contributed by atoms with Crippen molar-refractivity contribution in [2.45, 2.75) is 35.8 Å². The molecule has 1 unspecified atom stereocenters. The van der Waals surface area contributed by atoms with Gasteiger partial charge in [0.1, 0.15) is 18.0 Å². The zero-order valence-electron chi connectivity index (χ0n) is 19.4. The molecule has 0 saturated carbocycles. The first kappa shape index (κ1) is 23.9. The van der Waals surface area contributed by atoms with E-state index < -0.39 is 5.25 Å². The third kappa shape index (κ3) is 5.30. The van der Waals surface area contributed by atoms with E-state index in [1.165, 1.54) is 30.9 Å². The van der Waals surface area contributed by atoms with E-state index in [0.717, 1.165) is 30.6 Å². The van der Waals surface area contributed by atoms with Crippen LogP contribution in [-0.2, 0) is 14.4 Å². The molecule has 1 saturated heterocycles. The number of para-hydroxylation sites is 1. The van der Waals surface area contributed by atoms with Crippen LogP contribution in [0, 0.1) is 0 Å². The molecule has 9 heteroatoms. The van der Waals surface area contributed by atoms with Crippen LogP contribution in [-0.4, -0.2) is 61.7 Å². The van der Waals surface area contributed by atoms with E-state index in [1.54, 1.807) is 29.2 Å². The first-order valence-corrected chi connectivity index (χ1v) is 12.3. The first-order chi connectivity index (χ1) is 16.5. The quantitative estimate of drug-likeness (QED) is 0.633. The van der Waals surface area contributed by atoms with Crippen molar-refractivity contribution in [3.63, 3.8) is 0 Å². The molecule has 2 aromatic rings. The van der Waals surface area contributed by atoms with Crippen molar-refractivity contribution in [2.24, 2.45) is 0 Å². The standard InChI is InChI=1S/C25H29N3O5S/c1-32-18-13-17(14-19(15-18)33-2)26-22(29)16-28-20-9-5-6-10-21(20)34-23(25(28)31)24(30)27-11-7-3-4-8-12-27/h5-6,9-10,13-15,23H,3-4,7-8,11-12,16H2,1-2H3,(H,26,29). The molecule has 2 aromatic carbocycles. The number of nitrogens with zero attached hydrogens (tertiary/aromatic N) is 2. The number of rotatable bonds is 6. The molecule has 0 bridgehead atoms. The van der Waals surface area contributed by atoms with Gasteiger partial charge in [-0.3, -0.25) is 14.4 Å². The van der Waals surface area contributed by atoms with E-state index in [2.05, 4.69) is 5.32 Å². The Kier molecular flexibility index (Phi) is 7.62. The van der Waals surface area contributed by atoms with Crippen LogP contribution in [0.3, 0.4) is 0 Å². The zero-order chi connectivity index (χ0) is 24.1. The van der Waals surface area contributed by atoms with E-state index in [0.29, 0.717) is 36.0 Å². The van der Waals surface area contributed by atoms with Gasteiger partial charge in [0.05, 0.1) is 19.9 Å². The van der Waals surface area contributed by atoms with Crippen molar-refractivity contribution >= 4 is 40.9 Å². The second-order valence-corrected chi connectivity index (χ2v) is 9.43. The predicted octanol–water partition coefficient (Wildman–Crippen LogP) is 3.55. The largest absolute Gasteiger partial charge is 0.497 e. The van der Waals surface area contributed by atoms with Gasteiger partial charge in [0.25, 0.3) is 5.91 Å². The summed E-state index contributed by atoms with van der Waals surface area (Å²) in [6.07, 6.45) is 4.09. The van der Waals surface area contributed by atoms with E-state index in [1.807, 2.05) is 18.2 Å². The van der Waals surface area contributed by atoms with Gasteiger partial charge in [-0.25, -0.2) is 0 Å². The first-order valence-electron chi connectivity index (χ1n) is 11.4. The summed E-state index contributed by atoms with van der Waals surface area (Å²) in [4.78, 5) is 43.8. The third-order valence-corrected chi connectivity index (χ3v) is 7.21. The number of hydrogen-bond acceptors (Lipinski definition) is 6. The van der Waals surface area contributed by atoms with Gasteiger partial charge in [0, 0.05) is 41.9 Å². The average molecular weight is 484 g/mol. The average Bonchev–Trinajstić information content (AvgIpc) is 3.14. The number of nitrogens with one attached hydrogen (secondary N) is 1. The number of methoxy groups -OCH3 is 2. The van der Waals surface area contributed by atoms with Gasteiger partial charge in [-0.2, -0.15) is 0 Å². The number of carbonyl (C=O) groups excluding carboxylic acids is 3. The minimum Gasteiger partial charge on any atom is -0.497 e. The number of hydrogen-bond donors (Lipinski definition) is 1. The highest BCUT2D eigenvalue weighted by Crippen LogP contribution is 2.40. The van der Waals surface area contributed by atoms with Crippen molar-refractivity contribution in [1.29, 1.82) is 0 Å². The molecule has 0 aliphatic carbocycles. The molecule has 1 fully saturated rings. The Bertz CT molecular complexity index is 1050. The highest BCUT2D eigenvalue weighted by Gasteiger charge is 2.40. The Morgan fingerprint density at radius 2 is 1.65 bits per heavy atom. The van der Waals surface area contributed by atoms with Crippen molar-refractivity contribution < 1.29 is 23.9 Å². The van der Waals surface area contributed by atoms with Gasteiger partial charge in [0.15, 0.2) is 5.25 Å². The normalized spacial score (nSPS) is 18.1. The van der Waals surface area contributed by atoms with Gasteiger partial charge < -0.3 is 24.6 Å². The number of fused-ring (bicyclic) bond motifs is 1. The molecule has 3 amide bonds. The third-order valence-electron chi connectivity index (χ3n) is 5.97. The van der Waals surface area contributed by atoms with Crippen LogP contribution < -0.4 is 19.7 Å². The SMILES string of the molecule is COc1cc(NC(=O)CN2C(=O)C(C(=O)N3CCCCCC3)Sc3ccccc32)cc(OC)c1. The van der Waals surface area contributed by atoms with Crippen LogP contribution in [0.4, 0.5) is 11.4 Å². The number of amides is 3. The highest BCUT2D eigenvalue weighted by molar-refractivity contribution is 8.01. The van der Waals surface area contributed by atoms with Crippen LogP contribution in [0.25, 0.3) is 0 Å². The number of thioether (sulfide) groups is 1. The Morgan fingerprint density at radius 1 is 1.00 bits per heavy atom. The number of anilines is 2. The molecular weight excluding hydrogens is 454 g/mol. The molecule has 2 heterocycles. The summed E-state index contributed by atoms with van der Waals surface area (Å²) in [5, 5.41) is 1.92. The molecule has 8 nitrogen and oxygen atoms in total. The number of ether oxygens (including phenoxy) is 2. The Balaban J connectivity index is 1.54. The van der Waals surface area contributed by atoms with E-state index in [9.17, 15) is 14.4 Å². The zero-order valence-corrected chi connectivity index (χ0v) is 20.2. The van der Waals surface area contributed by atoms with Gasteiger partial charge >= 0.3 is 0 Å². The Hall–Kier alpha value is -3.20. The van der Waals surface area contributed by atoms with E-state index in [4.69, 9.17) is 9.47 Å². The van der Waals surface area contributed by atoms with E-state index in [-0.39, 0.29) is 24.3 Å². The van der Waals surface area contributed by atoms with Gasteiger partial charge in [0.2, 0.25) is 11.8 Å². The van der Waals surface area contributed by atoms with Crippen molar-refractivity contribution in [3.8, 4) is 11.5 Å². The van der Waals surface area contributed by atoms with Crippen LogP contribution in [0.2, 0.25) is 0 Å². The minimum atomic E-state index is -0.891. The second kappa shape index (κ2) is 10.8.